The summed E-state index contributed by atoms with van der Waals surface area (Å²) in [5.41, 5.74) is 0.458. The molecule has 0 bridgehead atoms. The van der Waals surface area contributed by atoms with Gasteiger partial charge in [-0.1, -0.05) is 12.1 Å². The Morgan fingerprint density at radius 1 is 1.35 bits per heavy atom. The van der Waals surface area contributed by atoms with Gasteiger partial charge in [0.1, 0.15) is 11.4 Å². The summed E-state index contributed by atoms with van der Waals surface area (Å²) in [6, 6.07) is 6.47. The Hall–Kier alpha value is -1.68. The third kappa shape index (κ3) is 1.96. The number of aliphatic hydroxyl groups is 1. The lowest BCUT2D eigenvalue weighted by Gasteiger charge is -2.24. The van der Waals surface area contributed by atoms with Crippen LogP contribution in [-0.4, -0.2) is 14.9 Å². The molecule has 3 nitrogen and oxygen atoms in total. The highest BCUT2D eigenvalue weighted by atomic mass is 19.1. The first-order chi connectivity index (χ1) is 7.93. The highest BCUT2D eigenvalue weighted by Crippen LogP contribution is 2.29. The molecular weight excluding hydrogens is 219 g/mol. The van der Waals surface area contributed by atoms with Crippen molar-refractivity contribution in [3.8, 4) is 0 Å². The van der Waals surface area contributed by atoms with Crippen molar-refractivity contribution >= 4 is 0 Å². The van der Waals surface area contributed by atoms with Crippen LogP contribution in [0.3, 0.4) is 0 Å². The molecule has 4 heteroatoms. The summed E-state index contributed by atoms with van der Waals surface area (Å²) in [5.74, 6) is -0.315. The van der Waals surface area contributed by atoms with Crippen molar-refractivity contribution in [1.29, 1.82) is 0 Å². The van der Waals surface area contributed by atoms with Gasteiger partial charge in [0.05, 0.1) is 5.69 Å². The van der Waals surface area contributed by atoms with E-state index < -0.39 is 5.60 Å². The molecule has 2 aromatic rings. The second kappa shape index (κ2) is 3.96. The van der Waals surface area contributed by atoms with E-state index in [0.717, 1.165) is 0 Å². The fraction of sp³-hybridized carbons (Fsp3) is 0.308. The Kier molecular flexibility index (Phi) is 2.75. The summed E-state index contributed by atoms with van der Waals surface area (Å²) in [5, 5.41) is 14.5. The topological polar surface area (TPSA) is 38.1 Å². The number of aromatic nitrogens is 2. The standard InChI is InChI=1S/C13H15FN2O/c1-9-4-5-10(8-11(9)14)13(2,17)12-6-7-15-16(12)3/h4-8,17H,1-3H3. The molecule has 1 aromatic heterocycles. The Morgan fingerprint density at radius 2 is 2.06 bits per heavy atom. The van der Waals surface area contributed by atoms with E-state index in [1.54, 1.807) is 50.0 Å². The van der Waals surface area contributed by atoms with Gasteiger partial charge in [0.15, 0.2) is 0 Å². The third-order valence-electron chi connectivity index (χ3n) is 3.05. The Labute approximate surface area is 99.5 Å². The lowest BCUT2D eigenvalue weighted by Crippen LogP contribution is -2.26. The maximum Gasteiger partial charge on any atom is 0.128 e. The van der Waals surface area contributed by atoms with Gasteiger partial charge in [0, 0.05) is 13.2 Å². The molecule has 1 unspecified atom stereocenters. The lowest BCUT2D eigenvalue weighted by molar-refractivity contribution is 0.0925. The van der Waals surface area contributed by atoms with Gasteiger partial charge in [-0.15, -0.1) is 0 Å². The molecule has 0 spiro atoms. The Morgan fingerprint density at radius 3 is 2.59 bits per heavy atom. The van der Waals surface area contributed by atoms with E-state index >= 15 is 0 Å². The molecular formula is C13H15FN2O. The van der Waals surface area contributed by atoms with Gasteiger partial charge in [0.2, 0.25) is 0 Å². The van der Waals surface area contributed by atoms with E-state index in [0.29, 0.717) is 16.8 Å². The first-order valence-electron chi connectivity index (χ1n) is 5.40. The summed E-state index contributed by atoms with van der Waals surface area (Å²) >= 11 is 0. The van der Waals surface area contributed by atoms with Gasteiger partial charge in [0.25, 0.3) is 0 Å². The summed E-state index contributed by atoms with van der Waals surface area (Å²) < 4.78 is 15.1. The van der Waals surface area contributed by atoms with Gasteiger partial charge in [-0.2, -0.15) is 5.10 Å². The third-order valence-corrected chi connectivity index (χ3v) is 3.05. The number of hydrogen-bond donors (Lipinski definition) is 1. The van der Waals surface area contributed by atoms with Crippen LogP contribution in [0.15, 0.2) is 30.5 Å². The second-order valence-electron chi connectivity index (χ2n) is 4.38. The van der Waals surface area contributed by atoms with Crippen molar-refractivity contribution in [1.82, 2.24) is 9.78 Å². The maximum atomic E-state index is 13.5. The van der Waals surface area contributed by atoms with Gasteiger partial charge >= 0.3 is 0 Å². The van der Waals surface area contributed by atoms with Crippen molar-refractivity contribution in [3.05, 3.63) is 53.1 Å². The predicted molar refractivity (Wildman–Crippen MR) is 63.0 cm³/mol. The normalized spacial score (nSPS) is 14.6. The fourth-order valence-electron chi connectivity index (χ4n) is 1.89. The molecule has 1 heterocycles. The van der Waals surface area contributed by atoms with E-state index in [-0.39, 0.29) is 5.82 Å². The molecule has 2 rings (SSSR count). The van der Waals surface area contributed by atoms with Crippen LogP contribution in [0.25, 0.3) is 0 Å². The van der Waals surface area contributed by atoms with Crippen LogP contribution in [0, 0.1) is 12.7 Å². The number of halogens is 1. The Balaban J connectivity index is 2.51. The fourth-order valence-corrected chi connectivity index (χ4v) is 1.89. The number of nitrogens with zero attached hydrogens (tertiary/aromatic N) is 2. The molecule has 0 aliphatic heterocycles. The van der Waals surface area contributed by atoms with Crippen molar-refractivity contribution in [2.75, 3.05) is 0 Å². The van der Waals surface area contributed by atoms with E-state index in [1.165, 1.54) is 6.07 Å². The molecule has 0 aliphatic rings. The van der Waals surface area contributed by atoms with Gasteiger partial charge in [-0.25, -0.2) is 4.39 Å². The monoisotopic (exact) mass is 234 g/mol. The van der Waals surface area contributed by atoms with Crippen LogP contribution in [0.1, 0.15) is 23.7 Å². The largest absolute Gasteiger partial charge is 0.379 e. The molecule has 17 heavy (non-hydrogen) atoms. The van der Waals surface area contributed by atoms with Gasteiger partial charge < -0.3 is 5.11 Å². The zero-order chi connectivity index (χ0) is 12.6. The quantitative estimate of drug-likeness (QED) is 0.864. The zero-order valence-corrected chi connectivity index (χ0v) is 10.1. The molecule has 1 atom stereocenters. The average molecular weight is 234 g/mol. The van der Waals surface area contributed by atoms with Crippen LogP contribution in [0.4, 0.5) is 4.39 Å². The molecule has 1 aromatic carbocycles. The number of rotatable bonds is 2. The molecule has 0 radical (unpaired) electrons. The lowest BCUT2D eigenvalue weighted by atomic mass is 9.91. The number of benzene rings is 1. The van der Waals surface area contributed by atoms with E-state index in [9.17, 15) is 9.50 Å². The van der Waals surface area contributed by atoms with Crippen LogP contribution >= 0.6 is 0 Å². The minimum Gasteiger partial charge on any atom is -0.379 e. The molecule has 0 amide bonds. The van der Waals surface area contributed by atoms with Gasteiger partial charge in [-0.3, -0.25) is 4.68 Å². The molecule has 90 valence electrons. The summed E-state index contributed by atoms with van der Waals surface area (Å²) in [6.07, 6.45) is 1.61. The first kappa shape index (κ1) is 11.8. The van der Waals surface area contributed by atoms with Crippen LogP contribution in [-0.2, 0) is 12.6 Å². The molecule has 1 N–H and O–H groups in total. The van der Waals surface area contributed by atoms with Crippen LogP contribution < -0.4 is 0 Å². The van der Waals surface area contributed by atoms with E-state index in [1.807, 2.05) is 0 Å². The smallest absolute Gasteiger partial charge is 0.128 e. The first-order valence-corrected chi connectivity index (χ1v) is 5.40. The molecule has 0 fully saturated rings. The number of hydrogen-bond acceptors (Lipinski definition) is 2. The highest BCUT2D eigenvalue weighted by molar-refractivity contribution is 5.33. The maximum absolute atomic E-state index is 13.5. The summed E-state index contributed by atoms with van der Waals surface area (Å²) in [4.78, 5) is 0. The van der Waals surface area contributed by atoms with Crippen molar-refractivity contribution in [2.45, 2.75) is 19.4 Å². The highest BCUT2D eigenvalue weighted by Gasteiger charge is 2.29. The Bertz CT molecular complexity index is 546. The number of aryl methyl sites for hydroxylation is 2. The summed E-state index contributed by atoms with van der Waals surface area (Å²) in [7, 11) is 1.74. The van der Waals surface area contributed by atoms with Crippen molar-refractivity contribution < 1.29 is 9.50 Å². The van der Waals surface area contributed by atoms with E-state index in [2.05, 4.69) is 5.10 Å². The minimum absolute atomic E-state index is 0.315. The predicted octanol–water partition coefficient (Wildman–Crippen LogP) is 2.12. The van der Waals surface area contributed by atoms with Crippen LogP contribution in [0.5, 0.6) is 0 Å². The molecule has 0 saturated heterocycles. The van der Waals surface area contributed by atoms with Gasteiger partial charge in [-0.05, 0) is 37.1 Å². The van der Waals surface area contributed by atoms with Crippen molar-refractivity contribution in [3.63, 3.8) is 0 Å². The van der Waals surface area contributed by atoms with Crippen LogP contribution in [0.2, 0.25) is 0 Å². The summed E-state index contributed by atoms with van der Waals surface area (Å²) in [6.45, 7) is 3.33. The molecule has 0 saturated carbocycles. The zero-order valence-electron chi connectivity index (χ0n) is 10.1. The van der Waals surface area contributed by atoms with Crippen molar-refractivity contribution in [2.24, 2.45) is 7.05 Å². The SMILES string of the molecule is Cc1ccc(C(C)(O)c2ccnn2C)cc1F. The second-order valence-corrected chi connectivity index (χ2v) is 4.38. The minimum atomic E-state index is -1.25. The average Bonchev–Trinajstić information content (AvgIpc) is 2.69. The molecule has 0 aliphatic carbocycles. The van der Waals surface area contributed by atoms with E-state index in [4.69, 9.17) is 0 Å².